The molecule has 9 heteroatoms. The molecule has 1 aliphatic heterocycles. The van der Waals surface area contributed by atoms with Gasteiger partial charge in [0.1, 0.15) is 12.4 Å². The van der Waals surface area contributed by atoms with Crippen molar-refractivity contribution in [2.24, 2.45) is 0 Å². The van der Waals surface area contributed by atoms with Crippen LogP contribution in [0.25, 0.3) is 5.69 Å². The number of nitrogens with zero attached hydrogens (tertiary/aromatic N) is 3. The van der Waals surface area contributed by atoms with Crippen molar-refractivity contribution in [1.82, 2.24) is 14.9 Å². The van der Waals surface area contributed by atoms with Gasteiger partial charge < -0.3 is 24.3 Å². The molecule has 0 spiro atoms. The van der Waals surface area contributed by atoms with Crippen LogP contribution in [0.5, 0.6) is 5.75 Å². The maximum Gasteiger partial charge on any atom is 0.174 e. The van der Waals surface area contributed by atoms with E-state index in [0.717, 1.165) is 34.0 Å². The lowest BCUT2D eigenvalue weighted by Crippen LogP contribution is -2.29. The number of halogens is 2. The Hall–Kier alpha value is -3.10. The van der Waals surface area contributed by atoms with Gasteiger partial charge in [-0.2, -0.15) is 0 Å². The molecule has 0 amide bonds. The van der Waals surface area contributed by atoms with Crippen LogP contribution in [0.15, 0.2) is 72.9 Å². The third kappa shape index (κ3) is 5.12. The molecule has 1 fully saturated rings. The molecule has 1 aliphatic rings. The average molecular weight is 568 g/mol. The molecule has 0 aliphatic carbocycles. The van der Waals surface area contributed by atoms with E-state index in [1.165, 1.54) is 0 Å². The molecule has 38 heavy (non-hydrogen) atoms. The monoisotopic (exact) mass is 566 g/mol. The Labute approximate surface area is 238 Å². The molecule has 3 heterocycles. The molecule has 2 aromatic carbocycles. The molecule has 0 radical (unpaired) electrons. The summed E-state index contributed by atoms with van der Waals surface area (Å²) in [6.07, 6.45) is 1.80. The fourth-order valence-electron chi connectivity index (χ4n) is 5.04. The summed E-state index contributed by atoms with van der Waals surface area (Å²) >= 11 is 18.9. The third-order valence-corrected chi connectivity index (χ3v) is 7.54. The third-order valence-electron chi connectivity index (χ3n) is 6.69. The van der Waals surface area contributed by atoms with Crippen LogP contribution in [0.3, 0.4) is 0 Å². The fraction of sp³-hybridized carbons (Fsp3) is 0.241. The number of hydrogen-bond donors (Lipinski definition) is 1. The number of pyridine rings is 1. The summed E-state index contributed by atoms with van der Waals surface area (Å²) in [7, 11) is 1.64. The molecule has 0 unspecified atom stereocenters. The Morgan fingerprint density at radius 1 is 0.974 bits per heavy atom. The lowest BCUT2D eigenvalue weighted by atomic mass is 9.96. The van der Waals surface area contributed by atoms with Gasteiger partial charge in [0.15, 0.2) is 5.11 Å². The Kier molecular flexibility index (Phi) is 7.91. The first-order valence-electron chi connectivity index (χ1n) is 12.3. The number of benzene rings is 2. The number of nitrogens with one attached hydrogen (secondary N) is 1. The van der Waals surface area contributed by atoms with Gasteiger partial charge in [0.05, 0.1) is 29.4 Å². The van der Waals surface area contributed by atoms with Crippen molar-refractivity contribution in [3.8, 4) is 11.4 Å². The van der Waals surface area contributed by atoms with Crippen LogP contribution in [0.4, 0.5) is 5.69 Å². The quantitative estimate of drug-likeness (QED) is 0.183. The highest BCUT2D eigenvalue weighted by Gasteiger charge is 2.42. The molecule has 196 valence electrons. The largest absolute Gasteiger partial charge is 0.490 e. The van der Waals surface area contributed by atoms with Gasteiger partial charge in [0.2, 0.25) is 0 Å². The minimum absolute atomic E-state index is 0.173. The first kappa shape index (κ1) is 26.5. The van der Waals surface area contributed by atoms with Crippen molar-refractivity contribution in [2.75, 3.05) is 25.2 Å². The van der Waals surface area contributed by atoms with E-state index >= 15 is 0 Å². The highest BCUT2D eigenvalue weighted by atomic mass is 35.5. The number of hydrogen-bond acceptors (Lipinski definition) is 4. The van der Waals surface area contributed by atoms with E-state index in [9.17, 15) is 0 Å². The summed E-state index contributed by atoms with van der Waals surface area (Å²) in [5, 5.41) is 5.32. The van der Waals surface area contributed by atoms with E-state index in [4.69, 9.17) is 44.9 Å². The minimum Gasteiger partial charge on any atom is -0.490 e. The summed E-state index contributed by atoms with van der Waals surface area (Å²) in [6, 6.07) is 21.4. The smallest absolute Gasteiger partial charge is 0.174 e. The van der Waals surface area contributed by atoms with Crippen LogP contribution in [0.2, 0.25) is 10.0 Å². The summed E-state index contributed by atoms with van der Waals surface area (Å²) in [5.41, 5.74) is 6.09. The lowest BCUT2D eigenvalue weighted by molar-refractivity contribution is 0.146. The zero-order chi connectivity index (χ0) is 26.8. The predicted octanol–water partition coefficient (Wildman–Crippen LogP) is 7.00. The van der Waals surface area contributed by atoms with Crippen LogP contribution >= 0.6 is 35.4 Å². The molecular weight excluding hydrogens is 539 g/mol. The number of thiocarbonyl (C=S) groups is 1. The van der Waals surface area contributed by atoms with Crippen LogP contribution in [-0.4, -0.2) is 35.0 Å². The van der Waals surface area contributed by atoms with Crippen molar-refractivity contribution >= 4 is 46.2 Å². The first-order chi connectivity index (χ1) is 18.4. The second-order valence-corrected chi connectivity index (χ2v) is 10.3. The SMILES string of the molecule is COCCOc1ccc(N2C(=S)N[C@H](c3ccccn3)[C@@H]2c2cc(C)n(-c3cccc(Cl)c3)c2C)cc1Cl. The molecule has 6 nitrogen and oxygen atoms in total. The van der Waals surface area contributed by atoms with Crippen LogP contribution < -0.4 is 15.0 Å². The van der Waals surface area contributed by atoms with Gasteiger partial charge in [-0.3, -0.25) is 4.98 Å². The molecular formula is C29H28Cl2N4O2S. The summed E-state index contributed by atoms with van der Waals surface area (Å²) in [5.74, 6) is 0.600. The lowest BCUT2D eigenvalue weighted by Gasteiger charge is -2.28. The maximum atomic E-state index is 6.65. The van der Waals surface area contributed by atoms with E-state index < -0.39 is 0 Å². The second-order valence-electron chi connectivity index (χ2n) is 9.09. The van der Waals surface area contributed by atoms with Gasteiger partial charge in [0.25, 0.3) is 0 Å². The van der Waals surface area contributed by atoms with Gasteiger partial charge in [-0.15, -0.1) is 0 Å². The summed E-state index contributed by atoms with van der Waals surface area (Å²) < 4.78 is 13.1. The molecule has 4 aromatic rings. The molecule has 0 bridgehead atoms. The van der Waals surface area contributed by atoms with E-state index in [-0.39, 0.29) is 12.1 Å². The highest BCUT2D eigenvalue weighted by Crippen LogP contribution is 2.45. The predicted molar refractivity (Wildman–Crippen MR) is 157 cm³/mol. The van der Waals surface area contributed by atoms with E-state index in [2.05, 4.69) is 45.7 Å². The number of rotatable bonds is 8. The zero-order valence-electron chi connectivity index (χ0n) is 21.3. The summed E-state index contributed by atoms with van der Waals surface area (Å²) in [6.45, 7) is 5.12. The summed E-state index contributed by atoms with van der Waals surface area (Å²) in [4.78, 5) is 6.78. The average Bonchev–Trinajstić information content (AvgIpc) is 3.40. The van der Waals surface area contributed by atoms with Gasteiger partial charge in [0, 0.05) is 41.1 Å². The molecule has 5 rings (SSSR count). The van der Waals surface area contributed by atoms with E-state index in [1.807, 2.05) is 54.6 Å². The molecule has 0 saturated carbocycles. The van der Waals surface area contributed by atoms with Crippen LogP contribution in [-0.2, 0) is 4.74 Å². The standard InChI is InChI=1S/C29H28Cl2N4O2S/c1-18-15-23(19(2)34(18)21-8-6-7-20(30)16-21)28-27(25-9-4-5-12-32-25)33-29(38)35(28)22-10-11-26(24(31)17-22)37-14-13-36-3/h4-12,15-17,27-28H,13-14H2,1-3H3,(H,33,38)/t27-,28+/m1/s1. The van der Waals surface area contributed by atoms with Crippen molar-refractivity contribution in [3.05, 3.63) is 106 Å². The fourth-order valence-corrected chi connectivity index (χ4v) is 5.80. The van der Waals surface area contributed by atoms with Crippen LogP contribution in [0, 0.1) is 13.8 Å². The topological polar surface area (TPSA) is 51.6 Å². The Bertz CT molecular complexity index is 1460. The van der Waals surface area contributed by atoms with Crippen molar-refractivity contribution in [3.63, 3.8) is 0 Å². The Morgan fingerprint density at radius 3 is 2.53 bits per heavy atom. The van der Waals surface area contributed by atoms with E-state index in [1.54, 1.807) is 13.3 Å². The normalized spacial score (nSPS) is 17.1. The number of ether oxygens (including phenoxy) is 2. The van der Waals surface area contributed by atoms with Gasteiger partial charge in [-0.1, -0.05) is 35.3 Å². The minimum atomic E-state index is -0.173. The van der Waals surface area contributed by atoms with Gasteiger partial charge >= 0.3 is 0 Å². The van der Waals surface area contributed by atoms with Crippen LogP contribution in [0.1, 0.15) is 34.7 Å². The first-order valence-corrected chi connectivity index (χ1v) is 13.4. The van der Waals surface area contributed by atoms with Crippen molar-refractivity contribution in [2.45, 2.75) is 25.9 Å². The molecule has 1 N–H and O–H groups in total. The van der Waals surface area contributed by atoms with Crippen molar-refractivity contribution in [1.29, 1.82) is 0 Å². The van der Waals surface area contributed by atoms with E-state index in [0.29, 0.717) is 34.1 Å². The molecule has 1 saturated heterocycles. The number of methoxy groups -OCH3 is 1. The number of aryl methyl sites for hydroxylation is 1. The Balaban J connectivity index is 1.61. The van der Waals surface area contributed by atoms with Gasteiger partial charge in [-0.25, -0.2) is 0 Å². The number of anilines is 1. The number of aromatic nitrogens is 2. The zero-order valence-corrected chi connectivity index (χ0v) is 23.6. The molecule has 2 atom stereocenters. The molecule has 2 aromatic heterocycles. The highest BCUT2D eigenvalue weighted by molar-refractivity contribution is 7.80. The van der Waals surface area contributed by atoms with Gasteiger partial charge in [-0.05, 0) is 86.2 Å². The second kappa shape index (κ2) is 11.3. The maximum absolute atomic E-state index is 6.65. The van der Waals surface area contributed by atoms with Crippen molar-refractivity contribution < 1.29 is 9.47 Å². The Morgan fingerprint density at radius 2 is 1.82 bits per heavy atom.